The van der Waals surface area contributed by atoms with E-state index in [1.54, 1.807) is 11.3 Å². The molecule has 0 saturated heterocycles. The van der Waals surface area contributed by atoms with Crippen LogP contribution in [0.15, 0.2) is 34.4 Å². The minimum atomic E-state index is 0.929. The molecule has 2 nitrogen and oxygen atoms in total. The third-order valence-electron chi connectivity index (χ3n) is 2.21. The largest absolute Gasteiger partial charge is 0.349 e. The Morgan fingerprint density at radius 1 is 1.47 bits per heavy atom. The van der Waals surface area contributed by atoms with Crippen LogP contribution in [0, 0.1) is 0 Å². The second-order valence-corrected chi connectivity index (χ2v) is 5.27. The van der Waals surface area contributed by atoms with E-state index in [1.807, 2.05) is 7.05 Å². The van der Waals surface area contributed by atoms with E-state index in [1.165, 1.54) is 14.9 Å². The number of thiophene rings is 1. The van der Waals surface area contributed by atoms with E-state index in [-0.39, 0.29) is 0 Å². The van der Waals surface area contributed by atoms with Crippen LogP contribution in [0.5, 0.6) is 0 Å². The topological polar surface area (TPSA) is 17.0 Å². The molecule has 0 radical (unpaired) electrons. The van der Waals surface area contributed by atoms with Crippen molar-refractivity contribution in [1.29, 1.82) is 0 Å². The Morgan fingerprint density at radius 3 is 3.00 bits per heavy atom. The van der Waals surface area contributed by atoms with Crippen molar-refractivity contribution in [3.63, 3.8) is 0 Å². The van der Waals surface area contributed by atoms with E-state index >= 15 is 0 Å². The maximum absolute atomic E-state index is 3.55. The summed E-state index contributed by atoms with van der Waals surface area (Å²) in [5, 5.41) is 5.26. The van der Waals surface area contributed by atoms with E-state index in [2.05, 4.69) is 55.7 Å². The molecule has 0 saturated carbocycles. The van der Waals surface area contributed by atoms with Crippen molar-refractivity contribution in [3.05, 3.63) is 44.8 Å². The predicted molar refractivity (Wildman–Crippen MR) is 68.3 cm³/mol. The van der Waals surface area contributed by atoms with E-state index in [0.29, 0.717) is 0 Å². The highest BCUT2D eigenvalue weighted by Gasteiger charge is 2.02. The molecule has 0 fully saturated rings. The lowest BCUT2D eigenvalue weighted by Crippen LogP contribution is -2.04. The highest BCUT2D eigenvalue weighted by Crippen LogP contribution is 2.23. The Balaban J connectivity index is 2.08. The molecule has 0 spiro atoms. The first-order valence-corrected chi connectivity index (χ1v) is 6.48. The molecule has 0 amide bonds. The summed E-state index contributed by atoms with van der Waals surface area (Å²) in [6.07, 6.45) is 4.31. The number of rotatable bonds is 4. The fraction of sp³-hybridized carbons (Fsp3) is 0.273. The molecular weight excluding hydrogens is 272 g/mol. The maximum atomic E-state index is 3.55. The fourth-order valence-corrected chi connectivity index (χ4v) is 2.99. The first-order chi connectivity index (χ1) is 7.29. The lowest BCUT2D eigenvalue weighted by atomic mass is 10.3. The van der Waals surface area contributed by atoms with Crippen LogP contribution in [-0.2, 0) is 13.1 Å². The van der Waals surface area contributed by atoms with Crippen LogP contribution in [0.3, 0.4) is 0 Å². The van der Waals surface area contributed by atoms with Gasteiger partial charge in [-0.3, -0.25) is 0 Å². The molecule has 2 aromatic rings. The zero-order chi connectivity index (χ0) is 10.7. The van der Waals surface area contributed by atoms with Crippen molar-refractivity contribution in [2.75, 3.05) is 7.05 Å². The number of hydrogen-bond acceptors (Lipinski definition) is 2. The zero-order valence-corrected chi connectivity index (χ0v) is 10.9. The third kappa shape index (κ3) is 2.71. The molecule has 0 aromatic carbocycles. The summed E-state index contributed by atoms with van der Waals surface area (Å²) in [4.78, 5) is 1.36. The van der Waals surface area contributed by atoms with Gasteiger partial charge in [0.25, 0.3) is 0 Å². The molecule has 0 aliphatic rings. The van der Waals surface area contributed by atoms with Gasteiger partial charge in [0.05, 0.1) is 6.54 Å². The highest BCUT2D eigenvalue weighted by atomic mass is 79.9. The quantitative estimate of drug-likeness (QED) is 0.913. The van der Waals surface area contributed by atoms with Crippen LogP contribution in [0.2, 0.25) is 0 Å². The lowest BCUT2D eigenvalue weighted by molar-refractivity contribution is 0.788. The van der Waals surface area contributed by atoms with Crippen molar-refractivity contribution < 1.29 is 0 Å². The SMILES string of the molecule is CNCc1ccn(Cc2sccc2Br)c1. The van der Waals surface area contributed by atoms with Crippen LogP contribution >= 0.6 is 27.3 Å². The zero-order valence-electron chi connectivity index (χ0n) is 8.53. The molecule has 15 heavy (non-hydrogen) atoms. The number of aromatic nitrogens is 1. The molecular formula is C11H13BrN2S. The summed E-state index contributed by atoms with van der Waals surface area (Å²) in [5.41, 5.74) is 1.32. The van der Waals surface area contributed by atoms with Crippen LogP contribution in [0.25, 0.3) is 0 Å². The van der Waals surface area contributed by atoms with E-state index in [0.717, 1.165) is 13.1 Å². The summed E-state index contributed by atoms with van der Waals surface area (Å²) in [6.45, 7) is 1.88. The fourth-order valence-electron chi connectivity index (χ4n) is 1.50. The van der Waals surface area contributed by atoms with Crippen LogP contribution in [0.1, 0.15) is 10.4 Å². The molecule has 1 N–H and O–H groups in total. The second kappa shape index (κ2) is 4.96. The van der Waals surface area contributed by atoms with Gasteiger partial charge in [-0.1, -0.05) is 0 Å². The summed E-state index contributed by atoms with van der Waals surface area (Å²) in [7, 11) is 1.97. The van der Waals surface area contributed by atoms with Gasteiger partial charge in [0.1, 0.15) is 0 Å². The van der Waals surface area contributed by atoms with E-state index < -0.39 is 0 Å². The Kier molecular flexibility index (Phi) is 3.61. The lowest BCUT2D eigenvalue weighted by Gasteiger charge is -2.00. The van der Waals surface area contributed by atoms with Crippen LogP contribution in [-0.4, -0.2) is 11.6 Å². The van der Waals surface area contributed by atoms with E-state index in [9.17, 15) is 0 Å². The summed E-state index contributed by atoms with van der Waals surface area (Å²) in [6, 6.07) is 4.25. The molecule has 0 atom stereocenters. The minimum absolute atomic E-state index is 0.929. The predicted octanol–water partition coefficient (Wildman–Crippen LogP) is 3.08. The van der Waals surface area contributed by atoms with Gasteiger partial charge in [-0.05, 0) is 46.1 Å². The molecule has 0 aliphatic heterocycles. The van der Waals surface area contributed by atoms with Crippen molar-refractivity contribution in [3.8, 4) is 0 Å². The molecule has 2 aromatic heterocycles. The average molecular weight is 285 g/mol. The molecule has 0 unspecified atom stereocenters. The molecule has 2 rings (SSSR count). The van der Waals surface area contributed by atoms with E-state index in [4.69, 9.17) is 0 Å². The normalized spacial score (nSPS) is 10.8. The standard InChI is InChI=1S/C11H13BrN2S/c1-13-6-9-2-4-14(7-9)8-11-10(12)3-5-15-11/h2-5,7,13H,6,8H2,1H3. The van der Waals surface area contributed by atoms with Gasteiger partial charge in [0, 0.05) is 28.3 Å². The van der Waals surface area contributed by atoms with Crippen molar-refractivity contribution in [2.24, 2.45) is 0 Å². The van der Waals surface area contributed by atoms with Crippen LogP contribution < -0.4 is 5.32 Å². The molecule has 0 bridgehead atoms. The van der Waals surface area contributed by atoms with Gasteiger partial charge in [-0.25, -0.2) is 0 Å². The number of nitrogens with zero attached hydrogens (tertiary/aromatic N) is 1. The van der Waals surface area contributed by atoms with Crippen molar-refractivity contribution >= 4 is 27.3 Å². The Bertz CT molecular complexity index is 433. The van der Waals surface area contributed by atoms with Gasteiger partial charge in [-0.15, -0.1) is 11.3 Å². The molecule has 0 aliphatic carbocycles. The average Bonchev–Trinajstić information content (AvgIpc) is 2.79. The summed E-state index contributed by atoms with van der Waals surface area (Å²) < 4.78 is 3.42. The van der Waals surface area contributed by atoms with Gasteiger partial charge < -0.3 is 9.88 Å². The number of halogens is 1. The van der Waals surface area contributed by atoms with Gasteiger partial charge in [-0.2, -0.15) is 0 Å². The van der Waals surface area contributed by atoms with Crippen molar-refractivity contribution in [2.45, 2.75) is 13.1 Å². The van der Waals surface area contributed by atoms with Gasteiger partial charge in [0.2, 0.25) is 0 Å². The summed E-state index contributed by atoms with van der Waals surface area (Å²) >= 11 is 5.33. The van der Waals surface area contributed by atoms with Gasteiger partial charge in [0.15, 0.2) is 0 Å². The summed E-state index contributed by atoms with van der Waals surface area (Å²) in [5.74, 6) is 0. The number of nitrogens with one attached hydrogen (secondary N) is 1. The third-order valence-corrected chi connectivity index (χ3v) is 4.12. The molecule has 4 heteroatoms. The van der Waals surface area contributed by atoms with Crippen LogP contribution in [0.4, 0.5) is 0 Å². The van der Waals surface area contributed by atoms with Crippen molar-refractivity contribution in [1.82, 2.24) is 9.88 Å². The maximum Gasteiger partial charge on any atom is 0.0574 e. The molecule has 80 valence electrons. The Hall–Kier alpha value is -0.580. The Morgan fingerprint density at radius 2 is 2.33 bits per heavy atom. The first kappa shape index (κ1) is 10.9. The monoisotopic (exact) mass is 284 g/mol. The minimum Gasteiger partial charge on any atom is -0.349 e. The second-order valence-electron chi connectivity index (χ2n) is 3.41. The molecule has 2 heterocycles. The number of hydrogen-bond donors (Lipinski definition) is 1. The Labute approximate surface area is 102 Å². The highest BCUT2D eigenvalue weighted by molar-refractivity contribution is 9.10. The van der Waals surface area contributed by atoms with Gasteiger partial charge >= 0.3 is 0 Å². The first-order valence-electron chi connectivity index (χ1n) is 4.80. The smallest absolute Gasteiger partial charge is 0.0574 e.